The van der Waals surface area contributed by atoms with E-state index < -0.39 is 5.54 Å². The van der Waals surface area contributed by atoms with Crippen molar-refractivity contribution < 1.29 is 4.79 Å². The molecule has 3 N–H and O–H groups in total. The number of amides is 1. The molecule has 2 rings (SSSR count). The maximum Gasteiger partial charge on any atom is 0.240 e. The molecular weight excluding hydrogens is 260 g/mol. The highest BCUT2D eigenvalue weighted by atomic mass is 16.2. The first-order chi connectivity index (χ1) is 10.0. The van der Waals surface area contributed by atoms with Gasteiger partial charge in [-0.05, 0) is 50.5 Å². The predicted molar refractivity (Wildman–Crippen MR) is 87.1 cm³/mol. The number of hydrogen-bond donors (Lipinski definition) is 2. The third kappa shape index (κ3) is 4.31. The Bertz CT molecular complexity index is 448. The Morgan fingerprint density at radius 2 is 1.86 bits per heavy atom. The van der Waals surface area contributed by atoms with E-state index in [9.17, 15) is 4.79 Å². The summed E-state index contributed by atoms with van der Waals surface area (Å²) >= 11 is 0. The maximum absolute atomic E-state index is 12.2. The summed E-state index contributed by atoms with van der Waals surface area (Å²) < 4.78 is 0. The van der Waals surface area contributed by atoms with Crippen LogP contribution in [0.4, 0.5) is 0 Å². The number of rotatable bonds is 5. The van der Waals surface area contributed by atoms with Crippen molar-refractivity contribution in [3.05, 3.63) is 35.9 Å². The van der Waals surface area contributed by atoms with Gasteiger partial charge in [0.2, 0.25) is 5.91 Å². The Morgan fingerprint density at radius 1 is 1.24 bits per heavy atom. The third-order valence-corrected chi connectivity index (χ3v) is 4.62. The lowest BCUT2D eigenvalue weighted by Crippen LogP contribution is -2.54. The van der Waals surface area contributed by atoms with Crippen molar-refractivity contribution in [2.45, 2.75) is 69.9 Å². The van der Waals surface area contributed by atoms with E-state index in [0.717, 1.165) is 38.5 Å². The molecule has 3 heteroatoms. The van der Waals surface area contributed by atoms with E-state index in [4.69, 9.17) is 5.73 Å². The monoisotopic (exact) mass is 288 g/mol. The number of carbonyl (C=O) groups is 1. The first-order valence-electron chi connectivity index (χ1n) is 8.17. The van der Waals surface area contributed by atoms with Crippen molar-refractivity contribution in [3.63, 3.8) is 0 Å². The quantitative estimate of drug-likeness (QED) is 0.873. The topological polar surface area (TPSA) is 55.1 Å². The van der Waals surface area contributed by atoms with Gasteiger partial charge in [0.25, 0.3) is 0 Å². The molecule has 0 spiro atoms. The second kappa shape index (κ2) is 7.08. The summed E-state index contributed by atoms with van der Waals surface area (Å²) in [5.74, 6) is 0.645. The molecule has 1 atom stereocenters. The van der Waals surface area contributed by atoms with Gasteiger partial charge in [-0.1, -0.05) is 43.7 Å². The molecule has 21 heavy (non-hydrogen) atoms. The van der Waals surface area contributed by atoms with Crippen LogP contribution >= 0.6 is 0 Å². The number of benzene rings is 1. The lowest BCUT2D eigenvalue weighted by atomic mass is 9.81. The minimum absolute atomic E-state index is 0.00695. The zero-order valence-electron chi connectivity index (χ0n) is 13.3. The van der Waals surface area contributed by atoms with Gasteiger partial charge in [-0.15, -0.1) is 0 Å². The molecule has 0 saturated heterocycles. The summed E-state index contributed by atoms with van der Waals surface area (Å²) in [5, 5.41) is 3.15. The van der Waals surface area contributed by atoms with Gasteiger partial charge < -0.3 is 11.1 Å². The zero-order valence-corrected chi connectivity index (χ0v) is 13.3. The fourth-order valence-electron chi connectivity index (χ4n) is 3.28. The SMILES string of the molecule is CCCC(C)(N)C(=O)NC1CCC(c2ccccc2)CC1. The molecule has 1 aromatic carbocycles. The van der Waals surface area contributed by atoms with Crippen LogP contribution in [0.25, 0.3) is 0 Å². The van der Waals surface area contributed by atoms with Gasteiger partial charge in [0.05, 0.1) is 5.54 Å². The minimum Gasteiger partial charge on any atom is -0.352 e. The van der Waals surface area contributed by atoms with Gasteiger partial charge in [-0.3, -0.25) is 4.79 Å². The molecule has 1 fully saturated rings. The van der Waals surface area contributed by atoms with Crippen molar-refractivity contribution in [2.75, 3.05) is 0 Å². The molecule has 1 aromatic rings. The second-order valence-corrected chi connectivity index (χ2v) is 6.60. The van der Waals surface area contributed by atoms with E-state index in [2.05, 4.69) is 42.6 Å². The molecule has 1 aliphatic carbocycles. The van der Waals surface area contributed by atoms with E-state index in [-0.39, 0.29) is 11.9 Å². The van der Waals surface area contributed by atoms with Gasteiger partial charge in [0, 0.05) is 6.04 Å². The van der Waals surface area contributed by atoms with Crippen LogP contribution in [-0.4, -0.2) is 17.5 Å². The summed E-state index contributed by atoms with van der Waals surface area (Å²) in [5.41, 5.74) is 6.79. The lowest BCUT2D eigenvalue weighted by Gasteiger charge is -2.32. The number of nitrogens with two attached hydrogens (primary N) is 1. The van der Waals surface area contributed by atoms with Gasteiger partial charge >= 0.3 is 0 Å². The van der Waals surface area contributed by atoms with Gasteiger partial charge in [0.1, 0.15) is 0 Å². The number of hydrogen-bond acceptors (Lipinski definition) is 2. The van der Waals surface area contributed by atoms with Crippen LogP contribution in [0.3, 0.4) is 0 Å². The Balaban J connectivity index is 1.83. The van der Waals surface area contributed by atoms with E-state index in [0.29, 0.717) is 5.92 Å². The van der Waals surface area contributed by atoms with E-state index in [1.54, 1.807) is 0 Å². The van der Waals surface area contributed by atoms with Crippen LogP contribution in [0.1, 0.15) is 63.9 Å². The van der Waals surface area contributed by atoms with Crippen LogP contribution in [0.15, 0.2) is 30.3 Å². The molecule has 0 radical (unpaired) electrons. The average molecular weight is 288 g/mol. The summed E-state index contributed by atoms with van der Waals surface area (Å²) in [4.78, 5) is 12.2. The van der Waals surface area contributed by atoms with Crippen LogP contribution in [0.2, 0.25) is 0 Å². The maximum atomic E-state index is 12.2. The molecule has 3 nitrogen and oxygen atoms in total. The first kappa shape index (κ1) is 16.0. The molecule has 1 amide bonds. The normalized spacial score (nSPS) is 25.1. The molecule has 0 heterocycles. The van der Waals surface area contributed by atoms with Crippen molar-refractivity contribution in [3.8, 4) is 0 Å². The highest BCUT2D eigenvalue weighted by Crippen LogP contribution is 2.32. The number of nitrogens with one attached hydrogen (secondary N) is 1. The van der Waals surface area contributed by atoms with Crippen molar-refractivity contribution in [2.24, 2.45) is 5.73 Å². The van der Waals surface area contributed by atoms with Crippen LogP contribution < -0.4 is 11.1 Å². The Kier molecular flexibility index (Phi) is 5.40. The standard InChI is InChI=1S/C18H28N2O/c1-3-13-18(2,19)17(21)20-16-11-9-15(10-12-16)14-7-5-4-6-8-14/h4-8,15-16H,3,9-13,19H2,1-2H3,(H,20,21). The minimum atomic E-state index is -0.731. The largest absolute Gasteiger partial charge is 0.352 e. The lowest BCUT2D eigenvalue weighted by molar-refractivity contribution is -0.127. The fraction of sp³-hybridized carbons (Fsp3) is 0.611. The highest BCUT2D eigenvalue weighted by molar-refractivity contribution is 5.85. The molecule has 0 bridgehead atoms. The molecule has 1 aliphatic rings. The molecule has 0 aliphatic heterocycles. The van der Waals surface area contributed by atoms with Crippen LogP contribution in [-0.2, 0) is 4.79 Å². The molecule has 1 unspecified atom stereocenters. The van der Waals surface area contributed by atoms with Crippen molar-refractivity contribution in [1.82, 2.24) is 5.32 Å². The molecule has 116 valence electrons. The van der Waals surface area contributed by atoms with Gasteiger partial charge in [-0.2, -0.15) is 0 Å². The highest BCUT2D eigenvalue weighted by Gasteiger charge is 2.30. The zero-order chi connectivity index (χ0) is 15.3. The third-order valence-electron chi connectivity index (χ3n) is 4.62. The average Bonchev–Trinajstić information content (AvgIpc) is 2.49. The van der Waals surface area contributed by atoms with Crippen LogP contribution in [0.5, 0.6) is 0 Å². The van der Waals surface area contributed by atoms with Crippen molar-refractivity contribution >= 4 is 5.91 Å². The van der Waals surface area contributed by atoms with E-state index >= 15 is 0 Å². The summed E-state index contributed by atoms with van der Waals surface area (Å²) in [6.07, 6.45) is 6.05. The summed E-state index contributed by atoms with van der Waals surface area (Å²) in [6, 6.07) is 11.0. The van der Waals surface area contributed by atoms with Crippen LogP contribution in [0, 0.1) is 0 Å². The van der Waals surface area contributed by atoms with E-state index in [1.165, 1.54) is 5.56 Å². The van der Waals surface area contributed by atoms with Gasteiger partial charge in [0.15, 0.2) is 0 Å². The van der Waals surface area contributed by atoms with E-state index in [1.807, 2.05) is 6.92 Å². The first-order valence-corrected chi connectivity index (χ1v) is 8.17. The molecule has 0 aromatic heterocycles. The predicted octanol–water partition coefficient (Wildman–Crippen LogP) is 3.35. The smallest absolute Gasteiger partial charge is 0.240 e. The fourth-order valence-corrected chi connectivity index (χ4v) is 3.28. The summed E-state index contributed by atoms with van der Waals surface area (Å²) in [6.45, 7) is 3.89. The second-order valence-electron chi connectivity index (χ2n) is 6.60. The van der Waals surface area contributed by atoms with Crippen molar-refractivity contribution in [1.29, 1.82) is 0 Å². The Hall–Kier alpha value is -1.35. The Morgan fingerprint density at radius 3 is 2.43 bits per heavy atom. The number of carbonyl (C=O) groups excluding carboxylic acids is 1. The molecular formula is C18H28N2O. The summed E-state index contributed by atoms with van der Waals surface area (Å²) in [7, 11) is 0. The molecule has 1 saturated carbocycles. The Labute approximate surface area is 128 Å². The van der Waals surface area contributed by atoms with Gasteiger partial charge in [-0.25, -0.2) is 0 Å².